The van der Waals surface area contributed by atoms with E-state index >= 15 is 0 Å². The smallest absolute Gasteiger partial charge is 0.0916 e. The molecular formula is C17H26N2OS. The van der Waals surface area contributed by atoms with Crippen LogP contribution in [0.5, 0.6) is 0 Å². The van der Waals surface area contributed by atoms with E-state index < -0.39 is 0 Å². The first-order chi connectivity index (χ1) is 10.3. The van der Waals surface area contributed by atoms with Crippen molar-refractivity contribution in [3.63, 3.8) is 0 Å². The Morgan fingerprint density at radius 3 is 2.38 bits per heavy atom. The van der Waals surface area contributed by atoms with E-state index in [1.54, 1.807) is 0 Å². The number of piperazine rings is 1. The van der Waals surface area contributed by atoms with Gasteiger partial charge in [-0.1, -0.05) is 30.3 Å². The minimum absolute atomic E-state index is 0.358. The quantitative estimate of drug-likeness (QED) is 0.923. The van der Waals surface area contributed by atoms with Crippen LogP contribution in [0.3, 0.4) is 0 Å². The van der Waals surface area contributed by atoms with Crippen molar-refractivity contribution in [2.24, 2.45) is 0 Å². The Morgan fingerprint density at radius 2 is 1.71 bits per heavy atom. The fourth-order valence-electron chi connectivity index (χ4n) is 3.39. The fraction of sp³-hybridized carbons (Fsp3) is 0.647. The van der Waals surface area contributed by atoms with Crippen molar-refractivity contribution < 1.29 is 5.11 Å². The summed E-state index contributed by atoms with van der Waals surface area (Å²) in [5.74, 6) is 2.66. The minimum Gasteiger partial charge on any atom is -0.387 e. The highest BCUT2D eigenvalue weighted by atomic mass is 32.2. The normalized spacial score (nSPS) is 24.0. The molecule has 3 nitrogen and oxygen atoms in total. The predicted octanol–water partition coefficient (Wildman–Crippen LogP) is 2.23. The van der Waals surface area contributed by atoms with Crippen LogP contribution in [0.1, 0.15) is 24.5 Å². The van der Waals surface area contributed by atoms with Crippen LogP contribution >= 0.6 is 11.8 Å². The van der Waals surface area contributed by atoms with Gasteiger partial charge in [0.2, 0.25) is 0 Å². The minimum atomic E-state index is -0.358. The summed E-state index contributed by atoms with van der Waals surface area (Å²) in [6.45, 7) is 5.27. The molecule has 0 aliphatic carbocycles. The van der Waals surface area contributed by atoms with E-state index in [1.807, 2.05) is 30.3 Å². The van der Waals surface area contributed by atoms with Gasteiger partial charge in [-0.25, -0.2) is 0 Å². The molecule has 0 aromatic heterocycles. The third kappa shape index (κ3) is 4.22. The molecule has 0 spiro atoms. The summed E-state index contributed by atoms with van der Waals surface area (Å²) in [5.41, 5.74) is 1.03. The maximum Gasteiger partial charge on any atom is 0.0916 e. The number of aliphatic hydroxyl groups is 1. The zero-order chi connectivity index (χ0) is 14.5. The van der Waals surface area contributed by atoms with Gasteiger partial charge in [0.15, 0.2) is 0 Å². The van der Waals surface area contributed by atoms with E-state index in [0.29, 0.717) is 0 Å². The maximum atomic E-state index is 10.3. The number of hydrogen-bond donors (Lipinski definition) is 1. The average molecular weight is 306 g/mol. The maximum absolute atomic E-state index is 10.3. The van der Waals surface area contributed by atoms with Crippen LogP contribution in [-0.4, -0.2) is 65.2 Å². The molecule has 1 atom stereocenters. The van der Waals surface area contributed by atoms with E-state index in [2.05, 4.69) is 21.6 Å². The number of aliphatic hydroxyl groups excluding tert-OH is 1. The molecule has 2 aliphatic rings. The molecule has 116 valence electrons. The molecule has 2 fully saturated rings. The number of β-amino-alcohol motifs (C(OH)–C–C–N with tert-alkyl or cyclic N) is 1. The lowest BCUT2D eigenvalue weighted by Gasteiger charge is -2.41. The Labute approximate surface area is 132 Å². The molecule has 3 rings (SSSR count). The van der Waals surface area contributed by atoms with Gasteiger partial charge in [-0.15, -0.1) is 0 Å². The monoisotopic (exact) mass is 306 g/mol. The van der Waals surface area contributed by atoms with Crippen molar-refractivity contribution in [1.29, 1.82) is 0 Å². The highest BCUT2D eigenvalue weighted by Crippen LogP contribution is 2.23. The topological polar surface area (TPSA) is 26.7 Å². The SMILES string of the molecule is O[C@H](CN1CCN(C2CCSCC2)CC1)c1ccccc1. The van der Waals surface area contributed by atoms with Gasteiger partial charge >= 0.3 is 0 Å². The Hall–Kier alpha value is -0.550. The van der Waals surface area contributed by atoms with E-state index in [0.717, 1.165) is 44.3 Å². The van der Waals surface area contributed by atoms with Crippen molar-refractivity contribution in [3.8, 4) is 0 Å². The first-order valence-electron chi connectivity index (χ1n) is 8.10. The van der Waals surface area contributed by atoms with E-state index in [4.69, 9.17) is 0 Å². The lowest BCUT2D eigenvalue weighted by atomic mass is 10.1. The summed E-state index contributed by atoms with van der Waals surface area (Å²) in [4.78, 5) is 5.08. The van der Waals surface area contributed by atoms with Gasteiger partial charge in [-0.3, -0.25) is 9.80 Å². The number of hydrogen-bond acceptors (Lipinski definition) is 4. The van der Waals surface area contributed by atoms with E-state index in [-0.39, 0.29) is 6.10 Å². The number of benzene rings is 1. The molecule has 1 aromatic carbocycles. The second kappa shape index (κ2) is 7.63. The molecule has 0 unspecified atom stereocenters. The molecule has 0 bridgehead atoms. The third-order valence-corrected chi connectivity index (χ3v) is 5.78. The molecule has 0 amide bonds. The van der Waals surface area contributed by atoms with Crippen LogP contribution in [0.15, 0.2) is 30.3 Å². The number of nitrogens with zero attached hydrogens (tertiary/aromatic N) is 2. The Morgan fingerprint density at radius 1 is 1.05 bits per heavy atom. The van der Waals surface area contributed by atoms with Gasteiger partial charge in [-0.05, 0) is 29.9 Å². The summed E-state index contributed by atoms with van der Waals surface area (Å²) in [7, 11) is 0. The van der Waals surface area contributed by atoms with Crippen LogP contribution < -0.4 is 0 Å². The molecule has 21 heavy (non-hydrogen) atoms. The van der Waals surface area contributed by atoms with Gasteiger partial charge in [0.25, 0.3) is 0 Å². The first kappa shape index (κ1) is 15.3. The lowest BCUT2D eigenvalue weighted by molar-refractivity contribution is 0.0541. The van der Waals surface area contributed by atoms with Crippen LogP contribution in [-0.2, 0) is 0 Å². The van der Waals surface area contributed by atoms with Crippen molar-refractivity contribution >= 4 is 11.8 Å². The van der Waals surface area contributed by atoms with Gasteiger partial charge in [0, 0.05) is 38.8 Å². The second-order valence-corrected chi connectivity index (χ2v) is 7.33. The third-order valence-electron chi connectivity index (χ3n) is 4.73. The highest BCUT2D eigenvalue weighted by molar-refractivity contribution is 7.99. The van der Waals surface area contributed by atoms with Crippen LogP contribution in [0, 0.1) is 0 Å². The average Bonchev–Trinajstić information content (AvgIpc) is 2.57. The zero-order valence-corrected chi connectivity index (χ0v) is 13.5. The van der Waals surface area contributed by atoms with E-state index in [9.17, 15) is 5.11 Å². The second-order valence-electron chi connectivity index (χ2n) is 6.11. The Bertz CT molecular complexity index is 414. The highest BCUT2D eigenvalue weighted by Gasteiger charge is 2.26. The van der Waals surface area contributed by atoms with Crippen molar-refractivity contribution in [1.82, 2.24) is 9.80 Å². The van der Waals surface area contributed by atoms with Crippen molar-refractivity contribution in [2.75, 3.05) is 44.2 Å². The number of rotatable bonds is 4. The summed E-state index contributed by atoms with van der Waals surface area (Å²) in [6, 6.07) is 10.8. The van der Waals surface area contributed by atoms with Crippen molar-refractivity contribution in [3.05, 3.63) is 35.9 Å². The van der Waals surface area contributed by atoms with Gasteiger partial charge in [0.1, 0.15) is 0 Å². The van der Waals surface area contributed by atoms with Crippen molar-refractivity contribution in [2.45, 2.75) is 25.0 Å². The van der Waals surface area contributed by atoms with Crippen LogP contribution in [0.4, 0.5) is 0 Å². The molecule has 2 saturated heterocycles. The molecule has 0 radical (unpaired) electrons. The summed E-state index contributed by atoms with van der Waals surface area (Å²) in [6.07, 6.45) is 2.36. The van der Waals surface area contributed by atoms with Gasteiger partial charge < -0.3 is 5.11 Å². The predicted molar refractivity (Wildman–Crippen MR) is 89.8 cm³/mol. The Balaban J connectivity index is 1.45. The molecular weight excluding hydrogens is 280 g/mol. The van der Waals surface area contributed by atoms with E-state index in [1.165, 1.54) is 24.3 Å². The molecule has 1 N–H and O–H groups in total. The molecule has 4 heteroatoms. The van der Waals surface area contributed by atoms with Crippen LogP contribution in [0.2, 0.25) is 0 Å². The zero-order valence-electron chi connectivity index (χ0n) is 12.7. The summed E-state index contributed by atoms with van der Waals surface area (Å²) in [5, 5.41) is 10.3. The summed E-state index contributed by atoms with van der Waals surface area (Å²) >= 11 is 2.10. The fourth-order valence-corrected chi connectivity index (χ4v) is 4.47. The lowest BCUT2D eigenvalue weighted by Crippen LogP contribution is -2.51. The van der Waals surface area contributed by atoms with Crippen LogP contribution in [0.25, 0.3) is 0 Å². The standard InChI is InChI=1S/C17H26N2OS/c20-17(15-4-2-1-3-5-15)14-18-8-10-19(11-9-18)16-6-12-21-13-7-16/h1-5,16-17,20H,6-14H2/t17-/m1/s1. The van der Waals surface area contributed by atoms with Gasteiger partial charge in [-0.2, -0.15) is 11.8 Å². The number of thioether (sulfide) groups is 1. The Kier molecular flexibility index (Phi) is 5.58. The molecule has 1 aromatic rings. The molecule has 2 aliphatic heterocycles. The first-order valence-corrected chi connectivity index (χ1v) is 9.25. The van der Waals surface area contributed by atoms with Gasteiger partial charge in [0.05, 0.1) is 6.10 Å². The summed E-state index contributed by atoms with van der Waals surface area (Å²) < 4.78 is 0. The molecule has 2 heterocycles. The largest absolute Gasteiger partial charge is 0.387 e. The molecule has 0 saturated carbocycles.